The van der Waals surface area contributed by atoms with E-state index in [1.807, 2.05) is 0 Å². The quantitative estimate of drug-likeness (QED) is 0.836. The molecule has 0 unspecified atom stereocenters. The lowest BCUT2D eigenvalue weighted by atomic mass is 10.2. The van der Waals surface area contributed by atoms with Crippen LogP contribution >= 0.6 is 0 Å². The summed E-state index contributed by atoms with van der Waals surface area (Å²) in [6, 6.07) is 6.87. The van der Waals surface area contributed by atoms with Crippen molar-refractivity contribution >= 4 is 11.6 Å². The predicted molar refractivity (Wildman–Crippen MR) is 65.8 cm³/mol. The Morgan fingerprint density at radius 3 is 2.26 bits per heavy atom. The first kappa shape index (κ1) is 12.8. The Hall–Kier alpha value is -2.63. The fourth-order valence-electron chi connectivity index (χ4n) is 1.49. The second-order valence-electron chi connectivity index (χ2n) is 3.82. The Morgan fingerprint density at radius 2 is 1.68 bits per heavy atom. The molecule has 0 aliphatic rings. The topological polar surface area (TPSA) is 78.3 Å². The van der Waals surface area contributed by atoms with Crippen LogP contribution in [-0.2, 0) is 0 Å². The van der Waals surface area contributed by atoms with E-state index in [1.54, 1.807) is 0 Å². The average molecular weight is 264 g/mol. The molecule has 4 N–H and O–H groups in total. The van der Waals surface area contributed by atoms with E-state index in [0.29, 0.717) is 0 Å². The van der Waals surface area contributed by atoms with Crippen molar-refractivity contribution in [3.63, 3.8) is 0 Å². The van der Waals surface area contributed by atoms with Crippen molar-refractivity contribution < 1.29 is 18.3 Å². The lowest BCUT2D eigenvalue weighted by Gasteiger charge is -2.09. The summed E-state index contributed by atoms with van der Waals surface area (Å²) in [6.45, 7) is 0. The van der Waals surface area contributed by atoms with Crippen molar-refractivity contribution in [2.45, 2.75) is 0 Å². The van der Waals surface area contributed by atoms with E-state index in [0.717, 1.165) is 18.2 Å². The highest BCUT2D eigenvalue weighted by Gasteiger charge is 2.09. The van der Waals surface area contributed by atoms with E-state index in [4.69, 9.17) is 16.2 Å². The van der Waals surface area contributed by atoms with Crippen LogP contribution in [0, 0.1) is 11.6 Å². The second-order valence-corrected chi connectivity index (χ2v) is 3.82. The Bertz CT molecular complexity index is 624. The minimum Gasteiger partial charge on any atom is -0.455 e. The van der Waals surface area contributed by atoms with Crippen LogP contribution in [0.2, 0.25) is 0 Å². The van der Waals surface area contributed by atoms with Gasteiger partial charge in [-0.15, -0.1) is 0 Å². The molecule has 0 saturated heterocycles. The smallest absolute Gasteiger partial charge is 0.248 e. The SMILES string of the molecule is NC(=O)c1ccc(N)c(Oc2cc(F)cc(F)c2)c1. The number of benzene rings is 2. The van der Waals surface area contributed by atoms with Crippen LogP contribution in [0.25, 0.3) is 0 Å². The Balaban J connectivity index is 2.37. The molecule has 2 aromatic carbocycles. The first-order valence-corrected chi connectivity index (χ1v) is 5.29. The molecule has 0 aromatic heterocycles. The zero-order chi connectivity index (χ0) is 14.0. The van der Waals surface area contributed by atoms with E-state index in [-0.39, 0.29) is 22.7 Å². The zero-order valence-electron chi connectivity index (χ0n) is 9.69. The molecular weight excluding hydrogens is 254 g/mol. The van der Waals surface area contributed by atoms with Gasteiger partial charge in [-0.2, -0.15) is 0 Å². The number of hydrogen-bond donors (Lipinski definition) is 2. The molecule has 0 radical (unpaired) electrons. The fraction of sp³-hybridized carbons (Fsp3) is 0. The molecular formula is C13H10F2N2O2. The number of hydrogen-bond acceptors (Lipinski definition) is 3. The monoisotopic (exact) mass is 264 g/mol. The standard InChI is InChI=1S/C13H10F2N2O2/c14-8-4-9(15)6-10(5-8)19-12-3-7(13(17)18)1-2-11(12)16/h1-6H,16H2,(H2,17,18). The number of amides is 1. The normalized spacial score (nSPS) is 10.2. The van der Waals surface area contributed by atoms with Crippen LogP contribution in [0.1, 0.15) is 10.4 Å². The number of carbonyl (C=O) groups excluding carboxylic acids is 1. The number of primary amides is 1. The number of anilines is 1. The van der Waals surface area contributed by atoms with Crippen molar-refractivity contribution in [1.82, 2.24) is 0 Å². The van der Waals surface area contributed by atoms with Gasteiger partial charge in [0.15, 0.2) is 5.75 Å². The van der Waals surface area contributed by atoms with Crippen molar-refractivity contribution in [2.75, 3.05) is 5.73 Å². The molecule has 0 saturated carbocycles. The van der Waals surface area contributed by atoms with Gasteiger partial charge in [-0.3, -0.25) is 4.79 Å². The third-order valence-electron chi connectivity index (χ3n) is 2.36. The molecule has 0 aliphatic heterocycles. The maximum atomic E-state index is 13.0. The lowest BCUT2D eigenvalue weighted by molar-refractivity contribution is 0.1000. The van der Waals surface area contributed by atoms with Gasteiger partial charge in [0.2, 0.25) is 5.91 Å². The molecule has 6 heteroatoms. The molecule has 19 heavy (non-hydrogen) atoms. The maximum Gasteiger partial charge on any atom is 0.248 e. The van der Waals surface area contributed by atoms with Crippen LogP contribution in [0.3, 0.4) is 0 Å². The summed E-state index contributed by atoms with van der Waals surface area (Å²) < 4.78 is 31.3. The summed E-state index contributed by atoms with van der Waals surface area (Å²) in [5.74, 6) is -2.18. The van der Waals surface area contributed by atoms with Crippen molar-refractivity contribution in [3.8, 4) is 11.5 Å². The van der Waals surface area contributed by atoms with Gasteiger partial charge >= 0.3 is 0 Å². The molecule has 0 spiro atoms. The van der Waals surface area contributed by atoms with Crippen molar-refractivity contribution in [2.24, 2.45) is 5.73 Å². The van der Waals surface area contributed by atoms with Crippen LogP contribution in [0.15, 0.2) is 36.4 Å². The summed E-state index contributed by atoms with van der Waals surface area (Å²) in [7, 11) is 0. The van der Waals surface area contributed by atoms with Gasteiger partial charge in [0.05, 0.1) is 5.69 Å². The maximum absolute atomic E-state index is 13.0. The molecule has 0 atom stereocenters. The summed E-state index contributed by atoms with van der Waals surface area (Å²) in [6.07, 6.45) is 0. The summed E-state index contributed by atoms with van der Waals surface area (Å²) in [4.78, 5) is 11.0. The average Bonchev–Trinajstić information content (AvgIpc) is 2.30. The van der Waals surface area contributed by atoms with Crippen LogP contribution in [0.5, 0.6) is 11.5 Å². The third-order valence-corrected chi connectivity index (χ3v) is 2.36. The largest absolute Gasteiger partial charge is 0.455 e. The van der Waals surface area contributed by atoms with Gasteiger partial charge in [-0.1, -0.05) is 0 Å². The van der Waals surface area contributed by atoms with Gasteiger partial charge in [0.25, 0.3) is 0 Å². The van der Waals surface area contributed by atoms with Crippen molar-refractivity contribution in [3.05, 3.63) is 53.6 Å². The van der Waals surface area contributed by atoms with Gasteiger partial charge in [-0.25, -0.2) is 8.78 Å². The molecule has 1 amide bonds. The summed E-state index contributed by atoms with van der Waals surface area (Å²) in [5, 5.41) is 0. The Kier molecular flexibility index (Phi) is 3.33. The van der Waals surface area contributed by atoms with Crippen molar-refractivity contribution in [1.29, 1.82) is 0 Å². The van der Waals surface area contributed by atoms with E-state index < -0.39 is 17.5 Å². The highest BCUT2D eigenvalue weighted by Crippen LogP contribution is 2.29. The van der Waals surface area contributed by atoms with Crippen LogP contribution in [-0.4, -0.2) is 5.91 Å². The van der Waals surface area contributed by atoms with Gasteiger partial charge in [0, 0.05) is 23.8 Å². The molecule has 0 heterocycles. The van der Waals surface area contributed by atoms with Gasteiger partial charge in [0.1, 0.15) is 17.4 Å². The zero-order valence-corrected chi connectivity index (χ0v) is 9.69. The summed E-state index contributed by atoms with van der Waals surface area (Å²) >= 11 is 0. The van der Waals surface area contributed by atoms with Crippen LogP contribution < -0.4 is 16.2 Å². The van der Waals surface area contributed by atoms with E-state index >= 15 is 0 Å². The Morgan fingerprint density at radius 1 is 1.05 bits per heavy atom. The minimum atomic E-state index is -0.778. The predicted octanol–water partition coefficient (Wildman–Crippen LogP) is 2.44. The highest BCUT2D eigenvalue weighted by molar-refractivity contribution is 5.93. The Labute approximate surface area is 107 Å². The number of halogens is 2. The second kappa shape index (κ2) is 4.93. The summed E-state index contributed by atoms with van der Waals surface area (Å²) in [5.41, 5.74) is 11.2. The number of rotatable bonds is 3. The van der Waals surface area contributed by atoms with E-state index in [9.17, 15) is 13.6 Å². The number of nitrogens with two attached hydrogens (primary N) is 2. The molecule has 0 aliphatic carbocycles. The number of nitrogen functional groups attached to an aromatic ring is 1. The molecule has 2 aromatic rings. The molecule has 98 valence electrons. The van der Waals surface area contributed by atoms with Crippen LogP contribution in [0.4, 0.5) is 14.5 Å². The molecule has 0 fully saturated rings. The number of carbonyl (C=O) groups is 1. The first-order chi connectivity index (χ1) is 8.95. The number of ether oxygens (including phenoxy) is 1. The van der Waals surface area contributed by atoms with Gasteiger partial charge in [-0.05, 0) is 18.2 Å². The first-order valence-electron chi connectivity index (χ1n) is 5.29. The molecule has 2 rings (SSSR count). The van der Waals surface area contributed by atoms with Gasteiger partial charge < -0.3 is 16.2 Å². The van der Waals surface area contributed by atoms with E-state index in [1.165, 1.54) is 18.2 Å². The molecule has 0 bridgehead atoms. The minimum absolute atomic E-state index is 0.0641. The highest BCUT2D eigenvalue weighted by atomic mass is 19.1. The molecule has 4 nitrogen and oxygen atoms in total. The fourth-order valence-corrected chi connectivity index (χ4v) is 1.49. The van der Waals surface area contributed by atoms with E-state index in [2.05, 4.69) is 0 Å². The third kappa shape index (κ3) is 2.98. The lowest BCUT2D eigenvalue weighted by Crippen LogP contribution is -2.11.